The molecule has 6 aromatic carbocycles. The minimum Gasteiger partial charge on any atom is -0.475 e. The molecular weight excluding hydrogens is 1740 g/mol. The van der Waals surface area contributed by atoms with Crippen LogP contribution in [0, 0.1) is 43.4 Å². The van der Waals surface area contributed by atoms with Gasteiger partial charge in [-0.2, -0.15) is 12.1 Å². The number of fused-ring (bicyclic) bond motifs is 9. The van der Waals surface area contributed by atoms with Crippen LogP contribution >= 0.6 is 0 Å². The zero-order chi connectivity index (χ0) is 66.0. The second kappa shape index (κ2) is 34.4. The Morgan fingerprint density at radius 1 is 0.320 bits per heavy atom. The number of hydrogen-bond acceptors (Lipinski definition) is 12. The first-order valence-electron chi connectivity index (χ1n) is 31.3. The third kappa shape index (κ3) is 17.5. The Kier molecular flexibility index (Phi) is 23.0. The maximum absolute atomic E-state index is 7.23. The van der Waals surface area contributed by atoms with Crippen LogP contribution in [0.4, 0.5) is 0 Å². The van der Waals surface area contributed by atoms with Gasteiger partial charge in [0, 0.05) is 119 Å². The molecular formula is C82H53Ir3N9O3-6. The van der Waals surface area contributed by atoms with Crippen LogP contribution in [-0.4, -0.2) is 44.9 Å². The second-order valence-corrected chi connectivity index (χ2v) is 20.6. The summed E-state index contributed by atoms with van der Waals surface area (Å²) in [7, 11) is 0. The van der Waals surface area contributed by atoms with Gasteiger partial charge in [-0.3, -0.25) is 4.98 Å². The van der Waals surface area contributed by atoms with Crippen LogP contribution in [0.3, 0.4) is 0 Å². The van der Waals surface area contributed by atoms with Crippen LogP contribution < -0.4 is 0 Å². The normalized spacial score (nSPS) is 10.9. The molecule has 0 atom stereocenters. The van der Waals surface area contributed by atoms with Crippen LogP contribution in [0.15, 0.2) is 317 Å². The van der Waals surface area contributed by atoms with Gasteiger partial charge in [-0.15, -0.1) is 131 Å². The molecule has 477 valence electrons. The molecule has 18 rings (SSSR count). The Morgan fingerprint density at radius 2 is 0.784 bits per heavy atom. The van der Waals surface area contributed by atoms with E-state index in [0.717, 1.165) is 122 Å². The molecule has 0 aliphatic carbocycles. The van der Waals surface area contributed by atoms with E-state index in [0.29, 0.717) is 11.4 Å². The third-order valence-corrected chi connectivity index (χ3v) is 14.3. The van der Waals surface area contributed by atoms with Crippen molar-refractivity contribution in [3.05, 3.63) is 346 Å². The molecule has 0 aliphatic heterocycles. The van der Waals surface area contributed by atoms with Crippen molar-refractivity contribution in [3.63, 3.8) is 0 Å². The smallest absolute Gasteiger partial charge is 0.169 e. The molecule has 0 amide bonds. The topological polar surface area (TPSA) is 155 Å². The minimum absolute atomic E-state index is 0. The summed E-state index contributed by atoms with van der Waals surface area (Å²) in [5, 5.41) is 4.04. The number of furan rings is 3. The summed E-state index contributed by atoms with van der Waals surface area (Å²) >= 11 is 0. The fourth-order valence-corrected chi connectivity index (χ4v) is 9.84. The van der Waals surface area contributed by atoms with Gasteiger partial charge in [0.25, 0.3) is 0 Å². The average molecular weight is 1790 g/mol. The van der Waals surface area contributed by atoms with E-state index in [1.54, 1.807) is 55.4 Å². The van der Waals surface area contributed by atoms with Gasteiger partial charge in [0.15, 0.2) is 5.71 Å². The molecule has 0 saturated heterocycles. The van der Waals surface area contributed by atoms with E-state index >= 15 is 0 Å². The van der Waals surface area contributed by atoms with Crippen molar-refractivity contribution in [3.8, 4) is 67.7 Å². The Morgan fingerprint density at radius 3 is 1.32 bits per heavy atom. The summed E-state index contributed by atoms with van der Waals surface area (Å²) < 4.78 is 39.1. The quantitative estimate of drug-likeness (QED) is 0.145. The van der Waals surface area contributed by atoms with Crippen LogP contribution in [0.1, 0.15) is 9.68 Å². The van der Waals surface area contributed by atoms with E-state index in [4.69, 9.17) is 17.4 Å². The zero-order valence-electron chi connectivity index (χ0n) is 54.1. The molecule has 0 saturated carbocycles. The van der Waals surface area contributed by atoms with Crippen molar-refractivity contribution < 1.29 is 77.7 Å². The molecule has 18 aromatic rings. The van der Waals surface area contributed by atoms with Gasteiger partial charge in [0.2, 0.25) is 0 Å². The summed E-state index contributed by atoms with van der Waals surface area (Å²) in [4.78, 5) is 38.7. The number of hydrogen-bond donors (Lipinski definition) is 0. The molecule has 3 radical (unpaired) electrons. The number of pyridine rings is 9. The molecule has 0 aliphatic rings. The van der Waals surface area contributed by atoms with E-state index in [1.165, 1.54) is 6.20 Å². The molecule has 97 heavy (non-hydrogen) atoms. The number of nitrogens with zero attached hydrogens (tertiary/aromatic N) is 9. The largest absolute Gasteiger partial charge is 0.475 e. The number of aromatic nitrogens is 9. The van der Waals surface area contributed by atoms with Gasteiger partial charge in [-0.1, -0.05) is 127 Å². The third-order valence-electron chi connectivity index (χ3n) is 14.3. The van der Waals surface area contributed by atoms with Gasteiger partial charge in [0.05, 0.1) is 16.7 Å². The number of rotatable bonds is 6. The fraction of sp³-hybridized carbons (Fsp3) is 0.0122. The van der Waals surface area contributed by atoms with Crippen LogP contribution in [-0.2, 0) is 60.3 Å². The number of benzene rings is 6. The first-order valence-corrected chi connectivity index (χ1v) is 29.8. The number of para-hydroxylation sites is 2. The molecule has 0 spiro atoms. The van der Waals surface area contributed by atoms with Crippen molar-refractivity contribution in [2.24, 2.45) is 0 Å². The molecule has 12 heterocycles. The fourth-order valence-electron chi connectivity index (χ4n) is 9.84. The number of aryl methyl sites for hydroxylation is 1. The molecule has 0 fully saturated rings. The van der Waals surface area contributed by atoms with Crippen molar-refractivity contribution >= 4 is 66.2 Å². The monoisotopic (exact) mass is 1790 g/mol. The standard InChI is InChI=1S/3C16H9N2O.C12H10N.2C11H8N.3Ir/c1-2-7-15-11(5-1)12-8-9-14(18-16(12)19-15)13-6-3-4-10-17-13;1-2-7-14-12(5-1)16-15(19-14)9-11(10-18-16)13-6-3-4-8-17-13;1-2-8-17-13(4-1)11-6-7-12-15(10-11)19-14-5-3-9-18-16(12)14;1-10-7-8-12(13-9-10)11-5-3-2-4-6-11;2*1-2-6-10(7-3-1)11-8-4-5-9-12-11;;;/h1-8,10H;1-9H;1-5,7-10H;2-5,7-9H,1H3;2*1-6,8-9H;;;/q6*-1;;;/i;;;1D3;;;;;. The van der Waals surface area contributed by atoms with Gasteiger partial charge < -0.3 is 48.1 Å². The Labute approximate surface area is 605 Å². The van der Waals surface area contributed by atoms with E-state index in [-0.39, 0.29) is 65.9 Å². The summed E-state index contributed by atoms with van der Waals surface area (Å²) in [6.45, 7) is -2.09. The second-order valence-electron chi connectivity index (χ2n) is 20.6. The molecule has 0 N–H and O–H groups in total. The summed E-state index contributed by atoms with van der Waals surface area (Å²) in [5.41, 5.74) is 17.3. The molecule has 12 nitrogen and oxygen atoms in total. The van der Waals surface area contributed by atoms with Crippen LogP contribution in [0.25, 0.3) is 134 Å². The van der Waals surface area contributed by atoms with Crippen molar-refractivity contribution in [1.29, 1.82) is 0 Å². The maximum atomic E-state index is 7.23. The zero-order valence-corrected chi connectivity index (χ0v) is 58.3. The van der Waals surface area contributed by atoms with Crippen molar-refractivity contribution in [1.82, 2.24) is 44.9 Å². The summed E-state index contributed by atoms with van der Waals surface area (Å²) in [5.74, 6) is 0. The molecule has 0 bridgehead atoms. The molecule has 0 unspecified atom stereocenters. The SMILES string of the molecule is [2H]C([2H])([2H])c1ccc(-c2[c-]cccc2)nc1.[Ir].[Ir].[Ir].[c-]1cc2c(cc1-c1ccccn1)oc1cccnc12.[c-]1cc2c(nc1-c1ccccn1)oc1ccccc12.[c-]1ccccc1-c1ccccn1.[c-]1ccccc1-c1ccccn1.[c-]1nc2c(cc1-c1ccccn1)oc1ccccc12. The Balaban J connectivity index is 0.000000130. The predicted octanol–water partition coefficient (Wildman–Crippen LogP) is 19.5. The average Bonchev–Trinajstić information content (AvgIpc) is 1.65. The van der Waals surface area contributed by atoms with E-state index in [1.807, 2.05) is 243 Å². The maximum Gasteiger partial charge on any atom is 0.169 e. The van der Waals surface area contributed by atoms with E-state index in [2.05, 4.69) is 81.4 Å². The summed E-state index contributed by atoms with van der Waals surface area (Å²) in [6.07, 6.45) is 15.0. The Bertz CT molecular complexity index is 5000. The van der Waals surface area contributed by atoms with E-state index in [9.17, 15) is 0 Å². The van der Waals surface area contributed by atoms with Gasteiger partial charge in [-0.25, -0.2) is 4.98 Å². The van der Waals surface area contributed by atoms with E-state index < -0.39 is 6.85 Å². The van der Waals surface area contributed by atoms with Gasteiger partial charge >= 0.3 is 0 Å². The first-order chi connectivity index (χ1) is 47.8. The molecule has 15 heteroatoms. The predicted molar refractivity (Wildman–Crippen MR) is 371 cm³/mol. The van der Waals surface area contributed by atoms with Crippen molar-refractivity contribution in [2.75, 3.05) is 0 Å². The van der Waals surface area contributed by atoms with Crippen molar-refractivity contribution in [2.45, 2.75) is 6.85 Å². The van der Waals surface area contributed by atoms with Crippen LogP contribution in [0.2, 0.25) is 0 Å². The minimum atomic E-state index is -2.09. The molecule has 12 aromatic heterocycles. The summed E-state index contributed by atoms with van der Waals surface area (Å²) in [6, 6.07) is 98.4. The van der Waals surface area contributed by atoms with Gasteiger partial charge in [0.1, 0.15) is 16.7 Å². The first kappa shape index (κ1) is 64.7. The Hall–Kier alpha value is -11.0. The van der Waals surface area contributed by atoms with Crippen LogP contribution in [0.5, 0.6) is 0 Å². The van der Waals surface area contributed by atoms with Gasteiger partial charge in [-0.05, 0) is 124 Å².